The minimum Gasteiger partial charge on any atom is -0.437 e. The van der Waals surface area contributed by atoms with Crippen LogP contribution in [0.2, 0.25) is 0 Å². The fourth-order valence-electron chi connectivity index (χ4n) is 3.43. The van der Waals surface area contributed by atoms with Crippen LogP contribution in [0.15, 0.2) is 102 Å². The third kappa shape index (κ3) is 3.49. The van der Waals surface area contributed by atoms with E-state index in [-0.39, 0.29) is 5.56 Å². The Labute approximate surface area is 173 Å². The van der Waals surface area contributed by atoms with Gasteiger partial charge >= 0.3 is 0 Å². The number of benzene rings is 3. The molecule has 2 heterocycles. The molecule has 30 heavy (non-hydrogen) atoms. The summed E-state index contributed by atoms with van der Waals surface area (Å²) in [7, 11) is 0. The molecular weight excluding hydrogens is 374 g/mol. The van der Waals surface area contributed by atoms with Crippen LogP contribution in [0.1, 0.15) is 11.3 Å². The van der Waals surface area contributed by atoms with E-state index in [1.54, 1.807) is 10.8 Å². The van der Waals surface area contributed by atoms with Crippen molar-refractivity contribution < 1.29 is 4.74 Å². The first-order chi connectivity index (χ1) is 14.8. The lowest BCUT2D eigenvalue weighted by Gasteiger charge is -2.13. The maximum atomic E-state index is 13.2. The summed E-state index contributed by atoms with van der Waals surface area (Å²) in [6.07, 6.45) is 2.25. The minimum atomic E-state index is -0.141. The molecule has 3 aromatic rings. The van der Waals surface area contributed by atoms with E-state index >= 15 is 0 Å². The van der Waals surface area contributed by atoms with E-state index < -0.39 is 0 Å². The number of hydrogen-bond donors (Lipinski definition) is 1. The summed E-state index contributed by atoms with van der Waals surface area (Å²) < 4.78 is 7.66. The highest BCUT2D eigenvalue weighted by Gasteiger charge is 2.21. The van der Waals surface area contributed by atoms with Crippen molar-refractivity contribution >= 4 is 0 Å². The Morgan fingerprint density at radius 2 is 1.47 bits per heavy atom. The molecular formula is C25H19N3O2. The number of aromatic nitrogens is 3. The number of H-pyrrole nitrogens is 1. The Hall–Kier alpha value is -4.12. The van der Waals surface area contributed by atoms with Gasteiger partial charge in [0.25, 0.3) is 5.56 Å². The van der Waals surface area contributed by atoms with E-state index in [1.807, 2.05) is 91.0 Å². The van der Waals surface area contributed by atoms with Crippen LogP contribution < -0.4 is 10.3 Å². The van der Waals surface area contributed by atoms with Gasteiger partial charge in [0.2, 0.25) is 11.7 Å². The molecule has 5 rings (SSSR count). The quantitative estimate of drug-likeness (QED) is 0.455. The van der Waals surface area contributed by atoms with Gasteiger partial charge in [0.1, 0.15) is 11.4 Å². The van der Waals surface area contributed by atoms with Gasteiger partial charge in [-0.2, -0.15) is 0 Å². The molecule has 1 N–H and O–H groups in total. The summed E-state index contributed by atoms with van der Waals surface area (Å²) in [5.74, 6) is 1.56. The second-order valence-electron chi connectivity index (χ2n) is 7.00. The molecule has 0 aliphatic carbocycles. The molecule has 0 bridgehead atoms. The van der Waals surface area contributed by atoms with Gasteiger partial charge in [-0.15, -0.1) is 0 Å². The molecule has 0 aromatic heterocycles. The second-order valence-corrected chi connectivity index (χ2v) is 7.00. The highest BCUT2D eigenvalue weighted by atomic mass is 16.5. The predicted octanol–water partition coefficient (Wildman–Crippen LogP) is 5.05. The zero-order valence-corrected chi connectivity index (χ0v) is 16.2. The summed E-state index contributed by atoms with van der Waals surface area (Å²) in [4.78, 5) is 21.1. The van der Waals surface area contributed by atoms with E-state index in [1.165, 1.54) is 0 Å². The van der Waals surface area contributed by atoms with Crippen molar-refractivity contribution in [2.24, 2.45) is 0 Å². The molecule has 5 heteroatoms. The number of nitrogens with one attached hydrogen (secondary N) is 1. The van der Waals surface area contributed by atoms with E-state index in [0.717, 1.165) is 16.8 Å². The highest BCUT2D eigenvalue weighted by Crippen LogP contribution is 2.29. The van der Waals surface area contributed by atoms with Crippen LogP contribution >= 0.6 is 0 Å². The van der Waals surface area contributed by atoms with Gasteiger partial charge in [-0.3, -0.25) is 9.36 Å². The molecule has 0 unspecified atom stereocenters. The van der Waals surface area contributed by atoms with Crippen molar-refractivity contribution in [3.05, 3.63) is 119 Å². The van der Waals surface area contributed by atoms with Crippen molar-refractivity contribution in [1.82, 2.24) is 14.5 Å². The Bertz CT molecular complexity index is 1290. The summed E-state index contributed by atoms with van der Waals surface area (Å²) in [6, 6.07) is 29.2. The van der Waals surface area contributed by atoms with Crippen LogP contribution in [0.3, 0.4) is 0 Å². The van der Waals surface area contributed by atoms with E-state index in [0.29, 0.717) is 29.6 Å². The number of rotatable bonds is 5. The molecule has 2 aliphatic rings. The van der Waals surface area contributed by atoms with Gasteiger partial charge in [-0.05, 0) is 23.3 Å². The molecule has 0 amide bonds. The summed E-state index contributed by atoms with van der Waals surface area (Å²) in [6.45, 7) is 0. The Morgan fingerprint density at radius 1 is 0.833 bits per heavy atom. The van der Waals surface area contributed by atoms with Gasteiger partial charge < -0.3 is 9.72 Å². The number of imidazole rings is 1. The number of para-hydroxylation sites is 1. The average Bonchev–Trinajstić information content (AvgIpc) is 3.11. The van der Waals surface area contributed by atoms with Gasteiger partial charge in [-0.1, -0.05) is 78.9 Å². The summed E-state index contributed by atoms with van der Waals surface area (Å²) in [5, 5.41) is 0. The van der Waals surface area contributed by atoms with Gasteiger partial charge in [-0.25, -0.2) is 4.98 Å². The third-order valence-corrected chi connectivity index (χ3v) is 4.91. The number of aromatic amines is 1. The standard InChI is InChI=1S/C25H19N3O2/c29-25-21(16-18-10-4-1-5-11-18)26-23-24(30-20-14-8-3-9-15-20)27-22(17-28(23)25)19-12-6-2-7-13-19/h1-15,17,27H,16H2. The topological polar surface area (TPSA) is 59.9 Å². The lowest BCUT2D eigenvalue weighted by molar-refractivity contribution is 0.457. The van der Waals surface area contributed by atoms with Crippen LogP contribution in [0.5, 0.6) is 11.6 Å². The molecule has 0 saturated heterocycles. The monoisotopic (exact) mass is 393 g/mol. The Kier molecular flexibility index (Phi) is 4.62. The Balaban J connectivity index is 1.65. The predicted molar refractivity (Wildman–Crippen MR) is 117 cm³/mol. The van der Waals surface area contributed by atoms with Crippen LogP contribution in [0.25, 0.3) is 17.1 Å². The van der Waals surface area contributed by atoms with Crippen LogP contribution in [0, 0.1) is 0 Å². The van der Waals surface area contributed by atoms with Gasteiger partial charge in [0.05, 0.1) is 5.69 Å². The smallest absolute Gasteiger partial charge is 0.278 e. The number of hydrogen-bond acceptors (Lipinski definition) is 3. The van der Waals surface area contributed by atoms with Crippen molar-refractivity contribution in [3.63, 3.8) is 0 Å². The zero-order chi connectivity index (χ0) is 20.3. The molecule has 0 atom stereocenters. The summed E-state index contributed by atoms with van der Waals surface area (Å²) in [5.41, 5.74) is 3.11. The van der Waals surface area contributed by atoms with E-state index in [2.05, 4.69) is 9.97 Å². The SMILES string of the molecule is O=c1c(Cc2ccccc2)nc2c(Oc3ccccc3)[nH]c(-c3ccccc3)cn1-2. The molecule has 5 nitrogen and oxygen atoms in total. The summed E-state index contributed by atoms with van der Waals surface area (Å²) >= 11 is 0. The fourth-order valence-corrected chi connectivity index (χ4v) is 3.43. The molecule has 0 radical (unpaired) electrons. The first kappa shape index (κ1) is 17.9. The Morgan fingerprint density at radius 3 is 2.17 bits per heavy atom. The van der Waals surface area contributed by atoms with Crippen molar-refractivity contribution in [2.75, 3.05) is 0 Å². The van der Waals surface area contributed by atoms with Gasteiger partial charge in [0, 0.05) is 12.6 Å². The van der Waals surface area contributed by atoms with Gasteiger partial charge in [0.15, 0.2) is 0 Å². The van der Waals surface area contributed by atoms with Crippen LogP contribution in [0.4, 0.5) is 0 Å². The molecule has 2 aliphatic heterocycles. The molecule has 0 spiro atoms. The minimum absolute atomic E-state index is 0.141. The lowest BCUT2D eigenvalue weighted by atomic mass is 10.1. The first-order valence-corrected chi connectivity index (χ1v) is 9.74. The van der Waals surface area contributed by atoms with Crippen molar-refractivity contribution in [3.8, 4) is 28.7 Å². The van der Waals surface area contributed by atoms with Crippen LogP contribution in [-0.4, -0.2) is 14.5 Å². The lowest BCUT2D eigenvalue weighted by Crippen LogP contribution is -2.16. The van der Waals surface area contributed by atoms with Crippen LogP contribution in [-0.2, 0) is 6.42 Å². The zero-order valence-electron chi connectivity index (χ0n) is 16.2. The number of ether oxygens (including phenoxy) is 1. The van der Waals surface area contributed by atoms with E-state index in [9.17, 15) is 4.79 Å². The maximum Gasteiger partial charge on any atom is 0.278 e. The maximum absolute atomic E-state index is 13.2. The molecule has 3 aromatic carbocycles. The second kappa shape index (κ2) is 7.72. The first-order valence-electron chi connectivity index (χ1n) is 9.74. The van der Waals surface area contributed by atoms with Crippen molar-refractivity contribution in [1.29, 1.82) is 0 Å². The normalized spacial score (nSPS) is 10.9. The number of nitrogens with zero attached hydrogens (tertiary/aromatic N) is 2. The molecule has 0 saturated carbocycles. The fraction of sp³-hybridized carbons (Fsp3) is 0.0400. The van der Waals surface area contributed by atoms with Crippen molar-refractivity contribution in [2.45, 2.75) is 6.42 Å². The van der Waals surface area contributed by atoms with E-state index in [4.69, 9.17) is 4.74 Å². The molecule has 0 fully saturated rings. The average molecular weight is 393 g/mol. The highest BCUT2D eigenvalue weighted by molar-refractivity contribution is 5.61. The number of fused-ring (bicyclic) bond motifs is 1. The largest absolute Gasteiger partial charge is 0.437 e. The molecule has 146 valence electrons. The third-order valence-electron chi connectivity index (χ3n) is 4.91.